The van der Waals surface area contributed by atoms with Crippen LogP contribution in [-0.4, -0.2) is 16.6 Å². The van der Waals surface area contributed by atoms with E-state index in [0.29, 0.717) is 0 Å². The van der Waals surface area contributed by atoms with Crippen molar-refractivity contribution >= 4 is 5.69 Å². The van der Waals surface area contributed by atoms with Gasteiger partial charge in [0.25, 0.3) is 5.69 Å². The lowest BCUT2D eigenvalue weighted by atomic mass is 10.1. The molecule has 0 amide bonds. The standard InChI is InChI=1S/C8H9FN2O3/c9-5-1-2-8(11(13)14)6(3-5)7(10)4-12/h1-3,7,12H,4,10H2/t7-/m0/s1. The predicted octanol–water partition coefficient (Wildman–Crippen LogP) is 0.726. The highest BCUT2D eigenvalue weighted by molar-refractivity contribution is 5.42. The molecule has 0 bridgehead atoms. The van der Waals surface area contributed by atoms with Gasteiger partial charge in [-0.25, -0.2) is 4.39 Å². The van der Waals surface area contributed by atoms with Crippen LogP contribution in [0.15, 0.2) is 18.2 Å². The first kappa shape index (κ1) is 10.6. The van der Waals surface area contributed by atoms with Gasteiger partial charge in [0.05, 0.1) is 23.1 Å². The van der Waals surface area contributed by atoms with Crippen LogP contribution < -0.4 is 5.73 Å². The molecular weight excluding hydrogens is 191 g/mol. The molecule has 3 N–H and O–H groups in total. The van der Waals surface area contributed by atoms with Crippen LogP contribution in [0.5, 0.6) is 0 Å². The first-order valence-electron chi connectivity index (χ1n) is 3.86. The molecule has 0 aliphatic rings. The van der Waals surface area contributed by atoms with Crippen molar-refractivity contribution in [2.75, 3.05) is 6.61 Å². The number of nitrogens with zero attached hydrogens (tertiary/aromatic N) is 1. The van der Waals surface area contributed by atoms with Gasteiger partial charge in [-0.2, -0.15) is 0 Å². The van der Waals surface area contributed by atoms with E-state index in [4.69, 9.17) is 10.8 Å². The van der Waals surface area contributed by atoms with Crippen LogP contribution in [0.2, 0.25) is 0 Å². The van der Waals surface area contributed by atoms with E-state index < -0.39 is 23.4 Å². The van der Waals surface area contributed by atoms with Gasteiger partial charge in [-0.05, 0) is 12.1 Å². The van der Waals surface area contributed by atoms with Crippen LogP contribution in [-0.2, 0) is 0 Å². The monoisotopic (exact) mass is 200 g/mol. The number of aliphatic hydroxyl groups is 1. The highest BCUT2D eigenvalue weighted by atomic mass is 19.1. The summed E-state index contributed by atoms with van der Waals surface area (Å²) in [5.41, 5.74) is 5.09. The molecule has 0 unspecified atom stereocenters. The van der Waals surface area contributed by atoms with E-state index in [1.54, 1.807) is 0 Å². The lowest BCUT2D eigenvalue weighted by Crippen LogP contribution is -2.16. The van der Waals surface area contributed by atoms with Crippen molar-refractivity contribution in [2.45, 2.75) is 6.04 Å². The second-order valence-electron chi connectivity index (χ2n) is 2.75. The van der Waals surface area contributed by atoms with Crippen molar-refractivity contribution in [2.24, 2.45) is 5.73 Å². The van der Waals surface area contributed by atoms with E-state index in [2.05, 4.69) is 0 Å². The molecule has 14 heavy (non-hydrogen) atoms. The number of benzene rings is 1. The fraction of sp³-hybridized carbons (Fsp3) is 0.250. The van der Waals surface area contributed by atoms with E-state index in [9.17, 15) is 14.5 Å². The molecule has 0 aliphatic carbocycles. The summed E-state index contributed by atoms with van der Waals surface area (Å²) in [6.07, 6.45) is 0. The highest BCUT2D eigenvalue weighted by Crippen LogP contribution is 2.24. The molecule has 1 aromatic rings. The smallest absolute Gasteiger partial charge is 0.274 e. The van der Waals surface area contributed by atoms with Gasteiger partial charge >= 0.3 is 0 Å². The van der Waals surface area contributed by atoms with Crippen molar-refractivity contribution in [1.82, 2.24) is 0 Å². The lowest BCUT2D eigenvalue weighted by molar-refractivity contribution is -0.385. The molecule has 1 aromatic carbocycles. The van der Waals surface area contributed by atoms with Crippen molar-refractivity contribution < 1.29 is 14.4 Å². The maximum Gasteiger partial charge on any atom is 0.274 e. The largest absolute Gasteiger partial charge is 0.394 e. The van der Waals surface area contributed by atoms with Crippen LogP contribution in [0.3, 0.4) is 0 Å². The van der Waals surface area contributed by atoms with Crippen LogP contribution in [0.1, 0.15) is 11.6 Å². The minimum atomic E-state index is -0.939. The minimum Gasteiger partial charge on any atom is -0.394 e. The summed E-state index contributed by atoms with van der Waals surface area (Å²) in [5.74, 6) is -0.616. The third-order valence-electron chi connectivity index (χ3n) is 1.78. The average Bonchev–Trinajstić information content (AvgIpc) is 2.16. The average molecular weight is 200 g/mol. The molecule has 0 fully saturated rings. The van der Waals surface area contributed by atoms with Crippen LogP contribution in [0.4, 0.5) is 10.1 Å². The number of nitrogens with two attached hydrogens (primary N) is 1. The molecule has 76 valence electrons. The zero-order valence-electron chi connectivity index (χ0n) is 7.18. The molecular formula is C8H9FN2O3. The van der Waals surface area contributed by atoms with E-state index in [1.807, 2.05) is 0 Å². The van der Waals surface area contributed by atoms with E-state index >= 15 is 0 Å². The van der Waals surface area contributed by atoms with Gasteiger partial charge in [-0.15, -0.1) is 0 Å². The summed E-state index contributed by atoms with van der Waals surface area (Å²) < 4.78 is 12.7. The second kappa shape index (κ2) is 4.12. The number of rotatable bonds is 3. The molecule has 6 heteroatoms. The Morgan fingerprint density at radius 1 is 1.64 bits per heavy atom. The number of hydrogen-bond acceptors (Lipinski definition) is 4. The molecule has 5 nitrogen and oxygen atoms in total. The Balaban J connectivity index is 3.22. The van der Waals surface area contributed by atoms with Crippen molar-refractivity contribution in [3.8, 4) is 0 Å². The summed E-state index contributed by atoms with van der Waals surface area (Å²) in [7, 11) is 0. The van der Waals surface area contributed by atoms with Gasteiger partial charge in [-0.3, -0.25) is 10.1 Å². The van der Waals surface area contributed by atoms with Gasteiger partial charge in [0, 0.05) is 6.07 Å². The number of aliphatic hydroxyl groups excluding tert-OH is 1. The van der Waals surface area contributed by atoms with E-state index in [1.165, 1.54) is 0 Å². The molecule has 0 spiro atoms. The topological polar surface area (TPSA) is 89.4 Å². The molecule has 0 aliphatic heterocycles. The molecule has 0 saturated carbocycles. The molecule has 1 rings (SSSR count). The van der Waals surface area contributed by atoms with Crippen LogP contribution in [0.25, 0.3) is 0 Å². The van der Waals surface area contributed by atoms with Crippen molar-refractivity contribution in [1.29, 1.82) is 0 Å². The summed E-state index contributed by atoms with van der Waals surface area (Å²) >= 11 is 0. The third kappa shape index (κ3) is 2.04. The van der Waals surface area contributed by atoms with Gasteiger partial charge in [-0.1, -0.05) is 0 Å². The number of nitro groups is 1. The van der Waals surface area contributed by atoms with E-state index in [0.717, 1.165) is 18.2 Å². The quantitative estimate of drug-likeness (QED) is 0.555. The molecule has 1 atom stereocenters. The summed E-state index contributed by atoms with van der Waals surface area (Å²) in [6, 6.07) is 2.02. The first-order chi connectivity index (χ1) is 6.56. The Kier molecular flexibility index (Phi) is 3.10. The molecule has 0 heterocycles. The maximum absolute atomic E-state index is 12.7. The fourth-order valence-electron chi connectivity index (χ4n) is 1.09. The Hall–Kier alpha value is -1.53. The Bertz CT molecular complexity index is 356. The minimum absolute atomic E-state index is 0.00231. The normalized spacial score (nSPS) is 12.5. The second-order valence-corrected chi connectivity index (χ2v) is 2.75. The summed E-state index contributed by atoms with van der Waals surface area (Å²) in [5, 5.41) is 19.2. The molecule has 0 saturated heterocycles. The SMILES string of the molecule is N[C@@H](CO)c1cc(F)ccc1[N+](=O)[O-]. The summed E-state index contributed by atoms with van der Waals surface area (Å²) in [4.78, 5) is 9.84. The van der Waals surface area contributed by atoms with Gasteiger partial charge < -0.3 is 10.8 Å². The first-order valence-corrected chi connectivity index (χ1v) is 3.86. The summed E-state index contributed by atoms with van der Waals surface area (Å²) in [6.45, 7) is -0.468. The Labute approximate surface area is 79.1 Å². The lowest BCUT2D eigenvalue weighted by Gasteiger charge is -2.08. The van der Waals surface area contributed by atoms with Gasteiger partial charge in [0.2, 0.25) is 0 Å². The zero-order chi connectivity index (χ0) is 10.7. The Morgan fingerprint density at radius 2 is 2.29 bits per heavy atom. The van der Waals surface area contributed by atoms with Crippen LogP contribution >= 0.6 is 0 Å². The van der Waals surface area contributed by atoms with Crippen LogP contribution in [0, 0.1) is 15.9 Å². The zero-order valence-corrected chi connectivity index (χ0v) is 7.18. The fourth-order valence-corrected chi connectivity index (χ4v) is 1.09. The highest BCUT2D eigenvalue weighted by Gasteiger charge is 2.19. The number of nitro benzene ring substituents is 1. The third-order valence-corrected chi connectivity index (χ3v) is 1.78. The maximum atomic E-state index is 12.7. The number of hydrogen-bond donors (Lipinski definition) is 2. The molecule has 0 radical (unpaired) electrons. The van der Waals surface area contributed by atoms with Crippen molar-refractivity contribution in [3.05, 3.63) is 39.7 Å². The van der Waals surface area contributed by atoms with Crippen molar-refractivity contribution in [3.63, 3.8) is 0 Å². The Morgan fingerprint density at radius 3 is 2.79 bits per heavy atom. The predicted molar refractivity (Wildman–Crippen MR) is 47.1 cm³/mol. The van der Waals surface area contributed by atoms with Gasteiger partial charge in [0.15, 0.2) is 0 Å². The van der Waals surface area contributed by atoms with E-state index in [-0.39, 0.29) is 11.3 Å². The molecule has 0 aromatic heterocycles. The van der Waals surface area contributed by atoms with Gasteiger partial charge in [0.1, 0.15) is 5.82 Å². The number of halogens is 1.